The second kappa shape index (κ2) is 3.97. The van der Waals surface area contributed by atoms with Crippen LogP contribution in [0.25, 0.3) is 0 Å². The van der Waals surface area contributed by atoms with Crippen molar-refractivity contribution in [3.63, 3.8) is 0 Å². The normalized spacial score (nSPS) is 10.5. The molecule has 2 nitrogen and oxygen atoms in total. The van der Waals surface area contributed by atoms with Gasteiger partial charge in [0.25, 0.3) is 5.24 Å². The molecule has 0 radical (unpaired) electrons. The lowest BCUT2D eigenvalue weighted by Crippen LogP contribution is -2.03. The minimum absolute atomic E-state index is 0.378. The second-order valence-electron chi connectivity index (χ2n) is 3.04. The first-order valence-corrected chi connectivity index (χ1v) is 4.86. The van der Waals surface area contributed by atoms with Gasteiger partial charge >= 0.3 is 0 Å². The highest BCUT2D eigenvalue weighted by molar-refractivity contribution is 6.67. The second-order valence-corrected chi connectivity index (χ2v) is 3.38. The van der Waals surface area contributed by atoms with Crippen LogP contribution in [0.4, 0.5) is 0 Å². The van der Waals surface area contributed by atoms with Crippen molar-refractivity contribution in [3.05, 3.63) is 23.0 Å². The van der Waals surface area contributed by atoms with E-state index < -0.39 is 0 Å². The molecule has 72 valence electrons. The molecule has 0 fully saturated rings. The number of aromatic nitrogens is 1. The van der Waals surface area contributed by atoms with Crippen LogP contribution in [0.5, 0.6) is 0 Å². The number of carbonyl (C=O) groups excluding carboxylic acids is 1. The van der Waals surface area contributed by atoms with Gasteiger partial charge in [-0.15, -0.1) is 0 Å². The Morgan fingerprint density at radius 2 is 2.08 bits per heavy atom. The van der Waals surface area contributed by atoms with Crippen LogP contribution in [0.1, 0.15) is 35.6 Å². The smallest absolute Gasteiger partial charge is 0.268 e. The number of nitrogens with zero attached hydrogens (tertiary/aromatic N) is 1. The molecule has 0 saturated heterocycles. The standard InChI is InChI=1S/C10H14ClNO/c1-4-7-6-9(10(11)13)12(3)8(7)5-2/h6H,4-5H2,1-3H3. The van der Waals surface area contributed by atoms with Gasteiger partial charge in [-0.25, -0.2) is 0 Å². The van der Waals surface area contributed by atoms with Crippen LogP contribution in [-0.2, 0) is 19.9 Å². The van der Waals surface area contributed by atoms with E-state index in [0.717, 1.165) is 12.8 Å². The van der Waals surface area contributed by atoms with Crippen LogP contribution < -0.4 is 0 Å². The van der Waals surface area contributed by atoms with Crippen molar-refractivity contribution in [3.8, 4) is 0 Å². The largest absolute Gasteiger partial charge is 0.344 e. The van der Waals surface area contributed by atoms with Crippen molar-refractivity contribution >= 4 is 16.8 Å². The Balaban J connectivity index is 3.26. The molecule has 0 aliphatic rings. The highest BCUT2D eigenvalue weighted by atomic mass is 35.5. The summed E-state index contributed by atoms with van der Waals surface area (Å²) in [6, 6.07) is 1.88. The van der Waals surface area contributed by atoms with E-state index in [9.17, 15) is 4.79 Å². The zero-order valence-corrected chi connectivity index (χ0v) is 8.98. The third kappa shape index (κ3) is 1.78. The average molecular weight is 200 g/mol. The van der Waals surface area contributed by atoms with Crippen LogP contribution in [0.15, 0.2) is 6.07 Å². The van der Waals surface area contributed by atoms with Crippen LogP contribution in [0.2, 0.25) is 0 Å². The molecule has 0 amide bonds. The van der Waals surface area contributed by atoms with Crippen LogP contribution >= 0.6 is 11.6 Å². The van der Waals surface area contributed by atoms with Crippen molar-refractivity contribution in [2.45, 2.75) is 26.7 Å². The number of rotatable bonds is 3. The molecule has 0 N–H and O–H groups in total. The fraction of sp³-hybridized carbons (Fsp3) is 0.500. The number of hydrogen-bond acceptors (Lipinski definition) is 1. The summed E-state index contributed by atoms with van der Waals surface area (Å²) in [5.41, 5.74) is 3.01. The molecule has 0 unspecified atom stereocenters. The summed E-state index contributed by atoms with van der Waals surface area (Å²) in [7, 11) is 1.88. The highest BCUT2D eigenvalue weighted by Crippen LogP contribution is 2.17. The van der Waals surface area contributed by atoms with Crippen molar-refractivity contribution in [1.82, 2.24) is 4.57 Å². The maximum Gasteiger partial charge on any atom is 0.268 e. The lowest BCUT2D eigenvalue weighted by atomic mass is 10.1. The fourth-order valence-electron chi connectivity index (χ4n) is 1.66. The SMILES string of the molecule is CCc1cc(C(=O)Cl)n(C)c1CC. The molecule has 0 spiro atoms. The number of carbonyl (C=O) groups is 1. The minimum Gasteiger partial charge on any atom is -0.344 e. The Kier molecular flexibility index (Phi) is 3.15. The lowest BCUT2D eigenvalue weighted by Gasteiger charge is -2.03. The zero-order chi connectivity index (χ0) is 10.0. The summed E-state index contributed by atoms with van der Waals surface area (Å²) >= 11 is 5.45. The van der Waals surface area contributed by atoms with E-state index in [2.05, 4.69) is 13.8 Å². The van der Waals surface area contributed by atoms with E-state index in [0.29, 0.717) is 5.69 Å². The number of hydrogen-bond donors (Lipinski definition) is 0. The Morgan fingerprint density at radius 1 is 1.46 bits per heavy atom. The predicted octanol–water partition coefficient (Wildman–Crippen LogP) is 2.53. The Labute approximate surface area is 83.5 Å². The molecule has 0 aliphatic carbocycles. The van der Waals surface area contributed by atoms with Crippen molar-refractivity contribution < 1.29 is 4.79 Å². The van der Waals surface area contributed by atoms with Crippen molar-refractivity contribution in [2.24, 2.45) is 7.05 Å². The Bertz CT molecular complexity index is 328. The molecule has 0 bridgehead atoms. The summed E-state index contributed by atoms with van der Waals surface area (Å²) in [5.74, 6) is 0. The molecular weight excluding hydrogens is 186 g/mol. The third-order valence-corrected chi connectivity index (χ3v) is 2.56. The van der Waals surface area contributed by atoms with Crippen LogP contribution in [0.3, 0.4) is 0 Å². The average Bonchev–Trinajstić information content (AvgIpc) is 2.41. The van der Waals surface area contributed by atoms with Gasteiger partial charge in [0.1, 0.15) is 5.69 Å². The summed E-state index contributed by atoms with van der Waals surface area (Å²) in [4.78, 5) is 11.0. The summed E-state index contributed by atoms with van der Waals surface area (Å²) < 4.78 is 1.88. The maximum absolute atomic E-state index is 11.0. The van der Waals surface area contributed by atoms with Gasteiger partial charge in [-0.1, -0.05) is 13.8 Å². The first-order valence-electron chi connectivity index (χ1n) is 4.49. The third-order valence-electron chi connectivity index (χ3n) is 2.37. The lowest BCUT2D eigenvalue weighted by molar-refractivity contribution is 0.107. The van der Waals surface area contributed by atoms with E-state index in [1.807, 2.05) is 17.7 Å². The minimum atomic E-state index is -0.378. The van der Waals surface area contributed by atoms with E-state index in [1.165, 1.54) is 11.3 Å². The molecule has 0 atom stereocenters. The fourth-order valence-corrected chi connectivity index (χ4v) is 1.85. The molecule has 1 aromatic heterocycles. The van der Waals surface area contributed by atoms with E-state index in [1.54, 1.807) is 0 Å². The zero-order valence-electron chi connectivity index (χ0n) is 8.22. The summed E-state index contributed by atoms with van der Waals surface area (Å²) in [6.45, 7) is 4.16. The first-order chi connectivity index (χ1) is 6.11. The maximum atomic E-state index is 11.0. The van der Waals surface area contributed by atoms with Gasteiger partial charge in [-0.05, 0) is 36.1 Å². The highest BCUT2D eigenvalue weighted by Gasteiger charge is 2.13. The summed E-state index contributed by atoms with van der Waals surface area (Å²) in [6.07, 6.45) is 1.88. The van der Waals surface area contributed by atoms with Gasteiger partial charge in [-0.2, -0.15) is 0 Å². The van der Waals surface area contributed by atoms with Gasteiger partial charge in [0.2, 0.25) is 0 Å². The predicted molar refractivity (Wildman–Crippen MR) is 54.4 cm³/mol. The van der Waals surface area contributed by atoms with Crippen molar-refractivity contribution in [1.29, 1.82) is 0 Å². The number of aryl methyl sites for hydroxylation is 1. The monoisotopic (exact) mass is 199 g/mol. The Morgan fingerprint density at radius 3 is 2.38 bits per heavy atom. The molecule has 13 heavy (non-hydrogen) atoms. The molecule has 1 rings (SSSR count). The van der Waals surface area contributed by atoms with Gasteiger partial charge < -0.3 is 4.57 Å². The summed E-state index contributed by atoms with van der Waals surface area (Å²) in [5, 5.41) is -0.378. The molecule has 1 heterocycles. The molecule has 1 aromatic rings. The molecular formula is C10H14ClNO. The van der Waals surface area contributed by atoms with Crippen molar-refractivity contribution in [2.75, 3.05) is 0 Å². The molecule has 0 aliphatic heterocycles. The molecule has 0 aromatic carbocycles. The Hall–Kier alpha value is -0.760. The topological polar surface area (TPSA) is 22.0 Å². The van der Waals surface area contributed by atoms with E-state index in [4.69, 9.17) is 11.6 Å². The first kappa shape index (κ1) is 10.3. The van der Waals surface area contributed by atoms with Crippen LogP contribution in [0, 0.1) is 0 Å². The van der Waals surface area contributed by atoms with E-state index in [-0.39, 0.29) is 5.24 Å². The van der Waals surface area contributed by atoms with Gasteiger partial charge in [0.15, 0.2) is 0 Å². The number of halogens is 1. The quantitative estimate of drug-likeness (QED) is 0.686. The van der Waals surface area contributed by atoms with Gasteiger partial charge in [0.05, 0.1) is 0 Å². The van der Waals surface area contributed by atoms with Crippen LogP contribution in [-0.4, -0.2) is 9.81 Å². The molecule has 0 saturated carbocycles. The van der Waals surface area contributed by atoms with Gasteiger partial charge in [0, 0.05) is 12.7 Å². The van der Waals surface area contributed by atoms with Gasteiger partial charge in [-0.3, -0.25) is 4.79 Å². The van der Waals surface area contributed by atoms with E-state index >= 15 is 0 Å². The molecule has 3 heteroatoms.